The van der Waals surface area contributed by atoms with E-state index in [0.717, 1.165) is 11.8 Å². The van der Waals surface area contributed by atoms with Crippen LogP contribution < -0.4 is 11.2 Å². The van der Waals surface area contributed by atoms with Crippen LogP contribution in [0.25, 0.3) is 0 Å². The summed E-state index contributed by atoms with van der Waals surface area (Å²) in [7, 11) is 0. The van der Waals surface area contributed by atoms with Crippen LogP contribution in [0, 0.1) is 11.3 Å². The van der Waals surface area contributed by atoms with Gasteiger partial charge in [-0.2, -0.15) is 5.10 Å². The van der Waals surface area contributed by atoms with Gasteiger partial charge in [0.15, 0.2) is 11.6 Å². The van der Waals surface area contributed by atoms with Gasteiger partial charge in [0.25, 0.3) is 0 Å². The number of hydrazone groups is 1. The van der Waals surface area contributed by atoms with Crippen LogP contribution in [0.5, 0.6) is 0 Å². The molecular weight excluding hydrogens is 214 g/mol. The molecule has 3 atom stereocenters. The molecule has 90 valence electrons. The highest BCUT2D eigenvalue weighted by Crippen LogP contribution is 2.66. The zero-order valence-electron chi connectivity index (χ0n) is 9.76. The molecule has 0 aromatic heterocycles. The molecule has 2 fully saturated rings. The van der Waals surface area contributed by atoms with Crippen LogP contribution in [0.1, 0.15) is 32.1 Å². The van der Waals surface area contributed by atoms with Gasteiger partial charge in [-0.05, 0) is 25.2 Å². The maximum Gasteiger partial charge on any atom is 0.190 e. The van der Waals surface area contributed by atoms with E-state index in [4.69, 9.17) is 5.73 Å². The lowest BCUT2D eigenvalue weighted by Gasteiger charge is -2.43. The van der Waals surface area contributed by atoms with Crippen molar-refractivity contribution in [1.29, 1.82) is 0 Å². The monoisotopic (exact) mass is 231 g/mol. The normalized spacial score (nSPS) is 46.1. The molecule has 0 saturated heterocycles. The second-order valence-corrected chi connectivity index (χ2v) is 5.60. The van der Waals surface area contributed by atoms with Gasteiger partial charge in [-0.15, -0.1) is 0 Å². The fraction of sp³-hybridized carbons (Fsp3) is 0.667. The molecule has 2 heterocycles. The van der Waals surface area contributed by atoms with Gasteiger partial charge in [-0.25, -0.2) is 0 Å². The van der Waals surface area contributed by atoms with E-state index in [2.05, 4.69) is 20.4 Å². The topological polar surface area (TPSA) is 66.0 Å². The van der Waals surface area contributed by atoms with Gasteiger partial charge >= 0.3 is 0 Å². The van der Waals surface area contributed by atoms with Crippen molar-refractivity contribution in [2.75, 3.05) is 0 Å². The number of aliphatic imine (C=N–C) groups is 1. The molecule has 4 rings (SSSR count). The van der Waals surface area contributed by atoms with Crippen LogP contribution in [0.3, 0.4) is 0 Å². The van der Waals surface area contributed by atoms with Crippen molar-refractivity contribution in [3.63, 3.8) is 0 Å². The third-order valence-corrected chi connectivity index (χ3v) is 4.88. The number of nitrogens with zero attached hydrogens (tertiary/aromatic N) is 3. The largest absolute Gasteiger partial charge is 0.291 e. The quantitative estimate of drug-likeness (QED) is 0.706. The van der Waals surface area contributed by atoms with E-state index < -0.39 is 5.79 Å². The fourth-order valence-corrected chi connectivity index (χ4v) is 3.84. The highest BCUT2D eigenvalue weighted by atomic mass is 15.6. The number of amidine groups is 1. The van der Waals surface area contributed by atoms with Gasteiger partial charge in [0, 0.05) is 17.8 Å². The summed E-state index contributed by atoms with van der Waals surface area (Å²) in [5.74, 6) is 1.08. The zero-order chi connectivity index (χ0) is 11.5. The molecule has 2 saturated carbocycles. The van der Waals surface area contributed by atoms with Crippen LogP contribution in [0.15, 0.2) is 22.5 Å². The summed E-state index contributed by atoms with van der Waals surface area (Å²) in [6.07, 6.45) is 11.9. The van der Waals surface area contributed by atoms with E-state index in [1.165, 1.54) is 32.1 Å². The molecule has 0 aromatic rings. The van der Waals surface area contributed by atoms with E-state index in [0.29, 0.717) is 0 Å². The number of hydrogen-bond donors (Lipinski definition) is 2. The van der Waals surface area contributed by atoms with Gasteiger partial charge in [-0.1, -0.05) is 12.8 Å². The molecule has 0 amide bonds. The highest BCUT2D eigenvalue weighted by molar-refractivity contribution is 6.30. The number of fused-ring (bicyclic) bond motifs is 2. The summed E-state index contributed by atoms with van der Waals surface area (Å²) in [6.45, 7) is 0. The Morgan fingerprint density at radius 3 is 3.29 bits per heavy atom. The first-order chi connectivity index (χ1) is 8.26. The molecule has 5 nitrogen and oxygen atoms in total. The molecule has 17 heavy (non-hydrogen) atoms. The molecule has 0 aromatic carbocycles. The van der Waals surface area contributed by atoms with E-state index in [1.807, 2.05) is 6.20 Å². The maximum absolute atomic E-state index is 6.65. The van der Waals surface area contributed by atoms with Gasteiger partial charge in [0.05, 0.1) is 6.21 Å². The summed E-state index contributed by atoms with van der Waals surface area (Å²) < 4.78 is 0. The second-order valence-electron chi connectivity index (χ2n) is 5.60. The van der Waals surface area contributed by atoms with Gasteiger partial charge in [0.1, 0.15) is 0 Å². The highest BCUT2D eigenvalue weighted by Gasteiger charge is 2.69. The molecule has 3 unspecified atom stereocenters. The SMILES string of the molecule is NC1(C23CCCCC2C3)NN=C2C=NC=CN21. The third-order valence-electron chi connectivity index (χ3n) is 4.88. The lowest BCUT2D eigenvalue weighted by molar-refractivity contribution is 0.0662. The minimum absolute atomic E-state index is 0.214. The summed E-state index contributed by atoms with van der Waals surface area (Å²) in [5.41, 5.74) is 10.0. The zero-order valence-corrected chi connectivity index (χ0v) is 9.76. The van der Waals surface area contributed by atoms with Crippen molar-refractivity contribution >= 4 is 12.1 Å². The van der Waals surface area contributed by atoms with E-state index >= 15 is 0 Å². The number of rotatable bonds is 1. The van der Waals surface area contributed by atoms with Crippen molar-refractivity contribution in [2.45, 2.75) is 37.9 Å². The summed E-state index contributed by atoms with van der Waals surface area (Å²) in [5, 5.41) is 4.32. The van der Waals surface area contributed by atoms with E-state index in [-0.39, 0.29) is 5.41 Å². The van der Waals surface area contributed by atoms with Crippen LogP contribution in [-0.2, 0) is 0 Å². The van der Waals surface area contributed by atoms with Crippen LogP contribution in [0.4, 0.5) is 0 Å². The lowest BCUT2D eigenvalue weighted by Crippen LogP contribution is -2.66. The Morgan fingerprint density at radius 2 is 2.41 bits per heavy atom. The first kappa shape index (κ1) is 9.65. The van der Waals surface area contributed by atoms with Crippen LogP contribution in [0.2, 0.25) is 0 Å². The predicted octanol–water partition coefficient (Wildman–Crippen LogP) is 0.953. The standard InChI is InChI=1S/C12H17N5/c13-12(11-4-2-1-3-9(11)7-11)16-15-10-8-14-5-6-17(10)12/h5-6,8-9,16H,1-4,7,13H2. The summed E-state index contributed by atoms with van der Waals surface area (Å²) in [4.78, 5) is 6.15. The average Bonchev–Trinajstić information content (AvgIpc) is 3.04. The van der Waals surface area contributed by atoms with E-state index in [1.54, 1.807) is 12.4 Å². The average molecular weight is 231 g/mol. The van der Waals surface area contributed by atoms with Crippen LogP contribution in [-0.4, -0.2) is 22.7 Å². The number of nitrogens with two attached hydrogens (primary N) is 1. The van der Waals surface area contributed by atoms with Crippen molar-refractivity contribution in [3.05, 3.63) is 12.4 Å². The molecule has 3 N–H and O–H groups in total. The fourth-order valence-electron chi connectivity index (χ4n) is 3.84. The Balaban J connectivity index is 1.70. The molecule has 5 heteroatoms. The molecule has 4 aliphatic rings. The number of hydrogen-bond acceptors (Lipinski definition) is 5. The van der Waals surface area contributed by atoms with Crippen molar-refractivity contribution in [1.82, 2.24) is 10.3 Å². The smallest absolute Gasteiger partial charge is 0.190 e. The summed E-state index contributed by atoms with van der Waals surface area (Å²) >= 11 is 0. The Labute approximate surface area is 100 Å². The Bertz CT molecular complexity index is 454. The predicted molar refractivity (Wildman–Crippen MR) is 66.0 cm³/mol. The number of nitrogens with one attached hydrogen (secondary N) is 1. The molecule has 0 bridgehead atoms. The molecular formula is C12H17N5. The Hall–Kier alpha value is -1.36. The molecule has 0 spiro atoms. The first-order valence-corrected chi connectivity index (χ1v) is 6.39. The third kappa shape index (κ3) is 1.03. The van der Waals surface area contributed by atoms with Gasteiger partial charge < -0.3 is 0 Å². The maximum atomic E-state index is 6.65. The van der Waals surface area contributed by atoms with Crippen LogP contribution >= 0.6 is 0 Å². The summed E-state index contributed by atoms with van der Waals surface area (Å²) in [6, 6.07) is 0. The Morgan fingerprint density at radius 1 is 1.47 bits per heavy atom. The molecule has 0 radical (unpaired) electrons. The van der Waals surface area contributed by atoms with Gasteiger partial charge in [-0.3, -0.25) is 21.1 Å². The van der Waals surface area contributed by atoms with Crippen molar-refractivity contribution in [3.8, 4) is 0 Å². The first-order valence-electron chi connectivity index (χ1n) is 6.39. The minimum atomic E-state index is -0.531. The Kier molecular flexibility index (Phi) is 1.65. The van der Waals surface area contributed by atoms with Gasteiger partial charge in [0.2, 0.25) is 0 Å². The van der Waals surface area contributed by atoms with E-state index in [9.17, 15) is 0 Å². The van der Waals surface area contributed by atoms with Crippen molar-refractivity contribution < 1.29 is 0 Å². The molecule has 2 aliphatic heterocycles. The van der Waals surface area contributed by atoms with Crippen molar-refractivity contribution in [2.24, 2.45) is 27.2 Å². The lowest BCUT2D eigenvalue weighted by atomic mass is 9.82. The minimum Gasteiger partial charge on any atom is -0.291 e. The second kappa shape index (κ2) is 2.90. The molecule has 2 aliphatic carbocycles.